The third kappa shape index (κ3) is 7.39. The molecular formula is C76H66BN3O2S. The second-order valence-corrected chi connectivity index (χ2v) is 28.9. The minimum absolute atomic E-state index is 0.0222. The lowest BCUT2D eigenvalue weighted by Crippen LogP contribution is -2.60. The molecule has 0 unspecified atom stereocenters. The lowest BCUT2D eigenvalue weighted by molar-refractivity contribution is 0.590. The zero-order chi connectivity index (χ0) is 57.0. The van der Waals surface area contributed by atoms with Crippen LogP contribution in [0.4, 0.5) is 28.4 Å². The van der Waals surface area contributed by atoms with Crippen LogP contribution in [-0.2, 0) is 21.7 Å². The molecule has 0 saturated heterocycles. The van der Waals surface area contributed by atoms with Crippen molar-refractivity contribution in [3.8, 4) is 16.8 Å². The Morgan fingerprint density at radius 2 is 0.988 bits per heavy atom. The van der Waals surface area contributed by atoms with E-state index in [0.717, 1.165) is 77.7 Å². The molecule has 0 bridgehead atoms. The predicted molar refractivity (Wildman–Crippen MR) is 357 cm³/mol. The predicted octanol–water partition coefficient (Wildman–Crippen LogP) is 20.8. The number of aromatic nitrogens is 1. The quantitative estimate of drug-likeness (QED) is 0.165. The van der Waals surface area contributed by atoms with Gasteiger partial charge in [-0.1, -0.05) is 168 Å². The first-order valence-electron chi connectivity index (χ1n) is 29.5. The van der Waals surface area contributed by atoms with E-state index in [9.17, 15) is 0 Å². The van der Waals surface area contributed by atoms with Gasteiger partial charge in [-0.25, -0.2) is 0 Å². The Morgan fingerprint density at radius 3 is 1.63 bits per heavy atom. The average molecular weight is 1100 g/mol. The van der Waals surface area contributed by atoms with Gasteiger partial charge in [0, 0.05) is 86.8 Å². The Balaban J connectivity index is 1.02. The number of furan rings is 2. The van der Waals surface area contributed by atoms with Crippen LogP contribution in [0.15, 0.2) is 191 Å². The topological polar surface area (TPSA) is 37.7 Å². The van der Waals surface area contributed by atoms with Crippen molar-refractivity contribution in [2.24, 2.45) is 0 Å². The fourth-order valence-corrected chi connectivity index (χ4v) is 15.1. The molecule has 6 heterocycles. The fourth-order valence-electron chi connectivity index (χ4n) is 13.9. The highest BCUT2D eigenvalue weighted by molar-refractivity contribution is 7.26. The van der Waals surface area contributed by atoms with Crippen LogP contribution in [0.3, 0.4) is 0 Å². The van der Waals surface area contributed by atoms with Crippen molar-refractivity contribution in [1.29, 1.82) is 0 Å². The Hall–Kier alpha value is -8.52. The van der Waals surface area contributed by atoms with Crippen molar-refractivity contribution in [2.45, 2.75) is 105 Å². The number of rotatable bonds is 4. The minimum Gasteiger partial charge on any atom is -0.456 e. The number of benzene rings is 10. The van der Waals surface area contributed by atoms with Crippen molar-refractivity contribution in [1.82, 2.24) is 4.57 Å². The SMILES string of the molecule is CC(C)(C)c1ccc(N2B3c4cc5oc6ccccc6c5cc4-n4c5ccc(C(C)(C)C)cc5c5c6oc7ccccc7c6c(c3c54)-c3cc4c(cc32)sc2cc(N(c3ccc(C(C)(C)C)cc3)c3ccc(C(C)(C)C)cc3)ccc24)cc1. The maximum Gasteiger partial charge on any atom is 0.333 e. The Morgan fingerprint density at radius 1 is 0.422 bits per heavy atom. The van der Waals surface area contributed by atoms with Gasteiger partial charge in [0.1, 0.15) is 22.3 Å². The molecule has 14 aromatic rings. The number of thiophene rings is 1. The van der Waals surface area contributed by atoms with Crippen molar-refractivity contribution < 1.29 is 8.83 Å². The summed E-state index contributed by atoms with van der Waals surface area (Å²) in [5, 5.41) is 9.38. The van der Waals surface area contributed by atoms with Gasteiger partial charge in [0.15, 0.2) is 0 Å². The molecule has 0 atom stereocenters. The van der Waals surface area contributed by atoms with Gasteiger partial charge in [-0.2, -0.15) is 0 Å². The largest absolute Gasteiger partial charge is 0.456 e. The van der Waals surface area contributed by atoms with E-state index in [0.29, 0.717) is 0 Å². The van der Waals surface area contributed by atoms with Gasteiger partial charge >= 0.3 is 6.85 Å². The van der Waals surface area contributed by atoms with E-state index < -0.39 is 0 Å². The van der Waals surface area contributed by atoms with E-state index in [1.54, 1.807) is 0 Å². The monoisotopic (exact) mass is 1100 g/mol. The van der Waals surface area contributed by atoms with Crippen LogP contribution in [0.25, 0.3) is 103 Å². The van der Waals surface area contributed by atoms with Gasteiger partial charge < -0.3 is 23.1 Å². The highest BCUT2D eigenvalue weighted by atomic mass is 32.1. The molecule has 10 aromatic carbocycles. The van der Waals surface area contributed by atoms with E-state index in [2.05, 4.69) is 279 Å². The molecule has 0 amide bonds. The maximum atomic E-state index is 7.37. The normalized spacial score (nSPS) is 13.7. The first-order chi connectivity index (χ1) is 39.7. The number of anilines is 5. The van der Waals surface area contributed by atoms with Gasteiger partial charge in [0.25, 0.3) is 0 Å². The van der Waals surface area contributed by atoms with Gasteiger partial charge in [-0.3, -0.25) is 0 Å². The lowest BCUT2D eigenvalue weighted by Gasteiger charge is -2.42. The molecule has 7 heteroatoms. The van der Waals surface area contributed by atoms with Crippen molar-refractivity contribution in [3.05, 3.63) is 204 Å². The van der Waals surface area contributed by atoms with E-state index in [-0.39, 0.29) is 28.5 Å². The van der Waals surface area contributed by atoms with Crippen LogP contribution in [0.2, 0.25) is 0 Å². The molecule has 83 heavy (non-hydrogen) atoms. The van der Waals surface area contributed by atoms with E-state index in [4.69, 9.17) is 8.83 Å². The second kappa shape index (κ2) is 17.0. The molecule has 0 N–H and O–H groups in total. The highest BCUT2D eigenvalue weighted by Crippen LogP contribution is 2.54. The number of nitrogens with zero attached hydrogens (tertiary/aromatic N) is 3. The number of hydrogen-bond donors (Lipinski definition) is 0. The molecule has 16 rings (SSSR count). The summed E-state index contributed by atoms with van der Waals surface area (Å²) in [5.74, 6) is 0. The molecule has 4 aromatic heterocycles. The highest BCUT2D eigenvalue weighted by Gasteiger charge is 2.47. The summed E-state index contributed by atoms with van der Waals surface area (Å²) < 4.78 is 19.3. The summed E-state index contributed by atoms with van der Waals surface area (Å²) in [6.45, 7) is 27.3. The molecule has 0 aliphatic carbocycles. The lowest BCUT2D eigenvalue weighted by atomic mass is 9.43. The summed E-state index contributed by atoms with van der Waals surface area (Å²) in [4.78, 5) is 5.10. The third-order valence-corrected chi connectivity index (χ3v) is 19.5. The zero-order valence-corrected chi connectivity index (χ0v) is 50.3. The summed E-state index contributed by atoms with van der Waals surface area (Å²) in [6.07, 6.45) is 0. The summed E-state index contributed by atoms with van der Waals surface area (Å²) >= 11 is 1.89. The Labute approximate surface area is 489 Å². The van der Waals surface area contributed by atoms with Gasteiger partial charge in [0.05, 0.1) is 16.4 Å². The number of para-hydroxylation sites is 2. The van der Waals surface area contributed by atoms with Crippen molar-refractivity contribution >= 4 is 143 Å². The van der Waals surface area contributed by atoms with Crippen LogP contribution in [0.5, 0.6) is 0 Å². The van der Waals surface area contributed by atoms with Gasteiger partial charge in [-0.15, -0.1) is 11.3 Å². The summed E-state index contributed by atoms with van der Waals surface area (Å²) in [7, 11) is 0. The van der Waals surface area contributed by atoms with Crippen LogP contribution in [0.1, 0.15) is 105 Å². The molecule has 406 valence electrons. The first-order valence-corrected chi connectivity index (χ1v) is 30.3. The zero-order valence-electron chi connectivity index (χ0n) is 49.5. The van der Waals surface area contributed by atoms with E-state index in [1.165, 1.54) is 86.6 Å². The molecule has 0 fully saturated rings. The smallest absolute Gasteiger partial charge is 0.333 e. The van der Waals surface area contributed by atoms with Crippen molar-refractivity contribution in [2.75, 3.05) is 9.71 Å². The molecule has 5 nitrogen and oxygen atoms in total. The Bertz CT molecular complexity index is 5000. The molecular weight excluding hydrogens is 1030 g/mol. The van der Waals surface area contributed by atoms with Crippen LogP contribution in [-0.4, -0.2) is 11.4 Å². The van der Waals surface area contributed by atoms with Crippen LogP contribution >= 0.6 is 11.3 Å². The third-order valence-electron chi connectivity index (χ3n) is 18.4. The van der Waals surface area contributed by atoms with Crippen LogP contribution in [0, 0.1) is 0 Å². The molecule has 0 saturated carbocycles. The summed E-state index contributed by atoms with van der Waals surface area (Å²) in [6, 6.07) is 69.2. The molecule has 2 aliphatic heterocycles. The Kier molecular flexibility index (Phi) is 10.3. The van der Waals surface area contributed by atoms with Crippen molar-refractivity contribution in [3.63, 3.8) is 0 Å². The molecule has 2 aliphatic rings. The standard InChI is InChI=1S/C76H66BN3O2S/c1-73(2,3)43-21-28-47(29-22-43)78(48-30-23-44(24-31-48)74(4,5)6)50-34-35-52-55-39-57-60(42-66(55)83-65(52)38-50)80(49-32-25-45(26-33-49)75(7,8)9)77-58-41-64-54(51-17-13-15-19-62(51)81-64)40-61(58)79-59-36-27-46(76(10,11)12)37-56(59)69-71(79)70(77)67(57)68-53-18-14-16-20-63(53)82-72(68)69/h13-42H,1-12H3. The average Bonchev–Trinajstić information content (AvgIpc) is 2.00. The van der Waals surface area contributed by atoms with E-state index >= 15 is 0 Å². The maximum absolute atomic E-state index is 7.37. The first kappa shape index (κ1) is 50.2. The fraction of sp³-hybridized carbons (Fsp3) is 0.211. The van der Waals surface area contributed by atoms with Gasteiger partial charge in [-0.05, 0) is 157 Å². The summed E-state index contributed by atoms with van der Waals surface area (Å²) in [5.41, 5.74) is 23.0. The number of fused-ring (bicyclic) bond motifs is 19. The number of hydrogen-bond acceptors (Lipinski definition) is 5. The molecule has 0 radical (unpaired) electrons. The minimum atomic E-state index is -0.244. The van der Waals surface area contributed by atoms with Crippen LogP contribution < -0.4 is 20.6 Å². The molecule has 0 spiro atoms. The van der Waals surface area contributed by atoms with E-state index in [1.807, 2.05) is 11.3 Å². The second-order valence-electron chi connectivity index (χ2n) is 27.8. The van der Waals surface area contributed by atoms with Gasteiger partial charge in [0.2, 0.25) is 0 Å².